The van der Waals surface area contributed by atoms with Crippen molar-refractivity contribution in [3.8, 4) is 0 Å². The lowest BCUT2D eigenvalue weighted by Crippen LogP contribution is -1.85. The molecule has 0 aliphatic rings. The molecule has 2 rings (SSSR count). The van der Waals surface area contributed by atoms with E-state index in [1.54, 1.807) is 13.1 Å². The molecule has 0 N–H and O–H groups in total. The highest BCUT2D eigenvalue weighted by molar-refractivity contribution is 7.13. The van der Waals surface area contributed by atoms with Gasteiger partial charge in [-0.15, -0.1) is 11.3 Å². The van der Waals surface area contributed by atoms with Gasteiger partial charge < -0.3 is 0 Å². The van der Waals surface area contributed by atoms with Crippen molar-refractivity contribution in [1.82, 2.24) is 4.98 Å². The molecule has 0 saturated carbocycles. The van der Waals surface area contributed by atoms with Crippen molar-refractivity contribution in [2.45, 2.75) is 13.3 Å². The second-order valence-corrected chi connectivity index (χ2v) is 4.45. The monoisotopic (exact) mass is 217 g/mol. The first-order chi connectivity index (χ1) is 7.25. The number of carbonyl (C=O) groups is 1. The highest BCUT2D eigenvalue weighted by Crippen LogP contribution is 2.16. The van der Waals surface area contributed by atoms with Crippen molar-refractivity contribution in [3.05, 3.63) is 52.0 Å². The van der Waals surface area contributed by atoms with E-state index in [1.165, 1.54) is 16.9 Å². The van der Waals surface area contributed by atoms with Gasteiger partial charge in [0.05, 0.1) is 9.88 Å². The molecule has 2 aromatic rings. The summed E-state index contributed by atoms with van der Waals surface area (Å²) >= 11 is 1.48. The molecular formula is C12H11NOS. The lowest BCUT2D eigenvalue weighted by molar-refractivity contribution is 0.102. The third-order valence-electron chi connectivity index (χ3n) is 2.10. The third kappa shape index (κ3) is 2.50. The summed E-state index contributed by atoms with van der Waals surface area (Å²) in [6.45, 7) is 1.57. The average molecular weight is 217 g/mol. The Balaban J connectivity index is 2.15. The smallest absolute Gasteiger partial charge is 0.171 e. The first kappa shape index (κ1) is 10.1. The number of carbonyl (C=O) groups excluding carboxylic acids is 1. The number of ketones is 1. The predicted molar refractivity (Wildman–Crippen MR) is 61.4 cm³/mol. The number of benzene rings is 1. The molecule has 0 atom stereocenters. The Bertz CT molecular complexity index is 461. The fraction of sp³-hybridized carbons (Fsp3) is 0.167. The molecule has 15 heavy (non-hydrogen) atoms. The van der Waals surface area contributed by atoms with Crippen LogP contribution in [0.4, 0.5) is 0 Å². The highest BCUT2D eigenvalue weighted by atomic mass is 32.1. The zero-order valence-corrected chi connectivity index (χ0v) is 9.25. The molecule has 1 aromatic carbocycles. The van der Waals surface area contributed by atoms with Crippen LogP contribution in [-0.2, 0) is 6.42 Å². The van der Waals surface area contributed by atoms with Crippen molar-refractivity contribution in [2.75, 3.05) is 0 Å². The Morgan fingerprint density at radius 1 is 1.33 bits per heavy atom. The van der Waals surface area contributed by atoms with Crippen molar-refractivity contribution < 1.29 is 4.79 Å². The van der Waals surface area contributed by atoms with E-state index in [0.29, 0.717) is 0 Å². The summed E-state index contributed by atoms with van der Waals surface area (Å²) in [6, 6.07) is 10.1. The summed E-state index contributed by atoms with van der Waals surface area (Å²) in [7, 11) is 0. The van der Waals surface area contributed by atoms with Gasteiger partial charge in [-0.25, -0.2) is 4.98 Å². The molecule has 0 bridgehead atoms. The van der Waals surface area contributed by atoms with Crippen LogP contribution in [0.2, 0.25) is 0 Å². The van der Waals surface area contributed by atoms with Crippen LogP contribution in [0.25, 0.3) is 0 Å². The van der Waals surface area contributed by atoms with E-state index in [4.69, 9.17) is 0 Å². The van der Waals surface area contributed by atoms with Crippen LogP contribution in [0.5, 0.6) is 0 Å². The van der Waals surface area contributed by atoms with E-state index in [-0.39, 0.29) is 5.78 Å². The van der Waals surface area contributed by atoms with Crippen LogP contribution in [0.3, 0.4) is 0 Å². The topological polar surface area (TPSA) is 30.0 Å². The maximum atomic E-state index is 11.1. The Labute approximate surface area is 92.6 Å². The van der Waals surface area contributed by atoms with E-state index in [1.807, 2.05) is 18.2 Å². The normalized spacial score (nSPS) is 10.2. The Morgan fingerprint density at radius 3 is 2.67 bits per heavy atom. The minimum Gasteiger partial charge on any atom is -0.294 e. The van der Waals surface area contributed by atoms with Gasteiger partial charge in [0, 0.05) is 19.5 Å². The molecular weight excluding hydrogens is 206 g/mol. The van der Waals surface area contributed by atoms with Crippen molar-refractivity contribution >= 4 is 17.1 Å². The number of thiazole rings is 1. The second kappa shape index (κ2) is 4.36. The third-order valence-corrected chi connectivity index (χ3v) is 3.20. The minimum absolute atomic E-state index is 0.0896. The SMILES string of the molecule is CC(=O)c1cnc(Cc2ccccc2)s1. The van der Waals surface area contributed by atoms with Crippen LogP contribution in [0.1, 0.15) is 27.2 Å². The molecule has 0 fully saturated rings. The van der Waals surface area contributed by atoms with Gasteiger partial charge in [-0.2, -0.15) is 0 Å². The maximum absolute atomic E-state index is 11.1. The zero-order chi connectivity index (χ0) is 10.7. The second-order valence-electron chi connectivity index (χ2n) is 3.34. The molecule has 0 unspecified atom stereocenters. The molecule has 2 nitrogen and oxygen atoms in total. The van der Waals surface area contributed by atoms with Crippen LogP contribution >= 0.6 is 11.3 Å². The number of rotatable bonds is 3. The Kier molecular flexibility index (Phi) is 2.92. The fourth-order valence-electron chi connectivity index (χ4n) is 1.33. The number of hydrogen-bond acceptors (Lipinski definition) is 3. The molecule has 1 heterocycles. The van der Waals surface area contributed by atoms with Gasteiger partial charge in [-0.1, -0.05) is 30.3 Å². The largest absolute Gasteiger partial charge is 0.294 e. The van der Waals surface area contributed by atoms with Crippen LogP contribution in [-0.4, -0.2) is 10.8 Å². The zero-order valence-electron chi connectivity index (χ0n) is 8.43. The van der Waals surface area contributed by atoms with E-state index in [0.717, 1.165) is 16.3 Å². The van der Waals surface area contributed by atoms with Gasteiger partial charge in [0.2, 0.25) is 0 Å². The molecule has 0 amide bonds. The first-order valence-corrected chi connectivity index (χ1v) is 5.57. The van der Waals surface area contributed by atoms with E-state index >= 15 is 0 Å². The average Bonchev–Trinajstić information content (AvgIpc) is 2.68. The van der Waals surface area contributed by atoms with Crippen molar-refractivity contribution in [2.24, 2.45) is 0 Å². The molecule has 0 aliphatic carbocycles. The number of nitrogens with zero attached hydrogens (tertiary/aromatic N) is 1. The Morgan fingerprint density at radius 2 is 2.07 bits per heavy atom. The fourth-order valence-corrected chi connectivity index (χ4v) is 2.17. The van der Waals surface area contributed by atoms with Gasteiger partial charge in [-0.3, -0.25) is 4.79 Å². The van der Waals surface area contributed by atoms with Gasteiger partial charge in [0.15, 0.2) is 5.78 Å². The van der Waals surface area contributed by atoms with E-state index < -0.39 is 0 Å². The van der Waals surface area contributed by atoms with Gasteiger partial charge in [0.25, 0.3) is 0 Å². The first-order valence-electron chi connectivity index (χ1n) is 4.75. The molecule has 3 heteroatoms. The molecule has 0 aliphatic heterocycles. The summed E-state index contributed by atoms with van der Waals surface area (Å²) in [5.74, 6) is 0.0896. The Hall–Kier alpha value is -1.48. The molecule has 0 spiro atoms. The lowest BCUT2D eigenvalue weighted by atomic mass is 10.2. The number of aromatic nitrogens is 1. The summed E-state index contributed by atoms with van der Waals surface area (Å²) in [4.78, 5) is 16.0. The van der Waals surface area contributed by atoms with Crippen LogP contribution < -0.4 is 0 Å². The van der Waals surface area contributed by atoms with Gasteiger partial charge in [-0.05, 0) is 5.56 Å². The number of Topliss-reactive ketones (excluding diaryl/α,β-unsaturated/α-hetero) is 1. The van der Waals surface area contributed by atoms with Crippen molar-refractivity contribution in [3.63, 3.8) is 0 Å². The molecule has 76 valence electrons. The van der Waals surface area contributed by atoms with Gasteiger partial charge >= 0.3 is 0 Å². The van der Waals surface area contributed by atoms with Gasteiger partial charge in [0.1, 0.15) is 0 Å². The molecule has 0 radical (unpaired) electrons. The standard InChI is InChI=1S/C12H11NOS/c1-9(14)11-8-13-12(15-11)7-10-5-3-2-4-6-10/h2-6,8H,7H2,1H3. The summed E-state index contributed by atoms with van der Waals surface area (Å²) in [5, 5.41) is 0.992. The van der Waals surface area contributed by atoms with Crippen LogP contribution in [0.15, 0.2) is 36.5 Å². The summed E-state index contributed by atoms with van der Waals surface area (Å²) < 4.78 is 0. The predicted octanol–water partition coefficient (Wildman–Crippen LogP) is 2.94. The maximum Gasteiger partial charge on any atom is 0.171 e. The van der Waals surface area contributed by atoms with E-state index in [9.17, 15) is 4.79 Å². The highest BCUT2D eigenvalue weighted by Gasteiger charge is 2.05. The summed E-state index contributed by atoms with van der Waals surface area (Å²) in [6.07, 6.45) is 2.46. The van der Waals surface area contributed by atoms with E-state index in [2.05, 4.69) is 17.1 Å². The lowest BCUT2D eigenvalue weighted by Gasteiger charge is -1.95. The number of hydrogen-bond donors (Lipinski definition) is 0. The molecule has 0 saturated heterocycles. The van der Waals surface area contributed by atoms with Crippen molar-refractivity contribution in [1.29, 1.82) is 0 Å². The van der Waals surface area contributed by atoms with Crippen LogP contribution in [0, 0.1) is 0 Å². The quantitative estimate of drug-likeness (QED) is 0.740. The summed E-state index contributed by atoms with van der Waals surface area (Å²) in [5.41, 5.74) is 1.22. The minimum atomic E-state index is 0.0896. The molecule has 1 aromatic heterocycles.